The van der Waals surface area contributed by atoms with Crippen LogP contribution in [0.3, 0.4) is 0 Å². The van der Waals surface area contributed by atoms with Crippen molar-refractivity contribution in [2.24, 2.45) is 0 Å². The summed E-state index contributed by atoms with van der Waals surface area (Å²) in [6, 6.07) is 9.78. The molecule has 2 aromatic heterocycles. The number of aromatic nitrogens is 4. The number of nitrogens with zero attached hydrogens (tertiary/aromatic N) is 4. The number of ether oxygens (including phenoxy) is 3. The molecule has 0 atom stereocenters. The molecule has 0 unspecified atom stereocenters. The Bertz CT molecular complexity index is 1430. The largest absolute Gasteiger partial charge is 0.493 e. The number of carbonyl (C=O) groups excluding carboxylic acids is 1. The fraction of sp³-hybridized carbons (Fsp3) is 0.217. The molecule has 1 amide bonds. The lowest BCUT2D eigenvalue weighted by atomic mass is 10.2. The van der Waals surface area contributed by atoms with Crippen molar-refractivity contribution < 1.29 is 32.2 Å². The summed E-state index contributed by atoms with van der Waals surface area (Å²) in [5.41, 5.74) is 0.245. The van der Waals surface area contributed by atoms with Gasteiger partial charge in [0.1, 0.15) is 4.34 Å². The molecule has 2 heterocycles. The van der Waals surface area contributed by atoms with Crippen molar-refractivity contribution in [3.63, 3.8) is 0 Å². The minimum Gasteiger partial charge on any atom is -0.493 e. The third kappa shape index (κ3) is 5.32. The van der Waals surface area contributed by atoms with E-state index in [9.17, 15) is 18.0 Å². The van der Waals surface area contributed by atoms with Crippen LogP contribution in [0.2, 0.25) is 4.34 Å². The van der Waals surface area contributed by atoms with Crippen molar-refractivity contribution in [1.29, 1.82) is 0 Å². The van der Waals surface area contributed by atoms with Crippen LogP contribution >= 0.6 is 22.9 Å². The van der Waals surface area contributed by atoms with Gasteiger partial charge in [0.2, 0.25) is 11.7 Å². The normalized spacial score (nSPS) is 11.4. The maximum atomic E-state index is 13.4. The second-order valence-electron chi connectivity index (χ2n) is 7.45. The van der Waals surface area contributed by atoms with E-state index < -0.39 is 16.2 Å². The van der Waals surface area contributed by atoms with Gasteiger partial charge in [-0.3, -0.25) is 4.79 Å². The number of rotatable bonds is 7. The van der Waals surface area contributed by atoms with Gasteiger partial charge in [-0.25, -0.2) is 14.6 Å². The molecule has 0 aliphatic rings. The van der Waals surface area contributed by atoms with Crippen molar-refractivity contribution in [3.8, 4) is 45.2 Å². The van der Waals surface area contributed by atoms with Crippen LogP contribution in [0.4, 0.5) is 18.9 Å². The first-order valence-corrected chi connectivity index (χ1v) is 11.6. The summed E-state index contributed by atoms with van der Waals surface area (Å²) in [7, 11) is 4.31. The fourth-order valence-corrected chi connectivity index (χ4v) is 4.58. The Morgan fingerprint density at radius 3 is 2.14 bits per heavy atom. The standard InChI is InChI=1S/C23H19ClF3N5O4S/c1-11(33)28-13-7-5-12(6-8-13)20-30-21(22-29-18(19(24)37-22)23(25,26)27)32(31-20)14-9-15(34-2)17(36-4)16(10-14)35-3/h5-10H,1-4H3,(H,28,33). The lowest BCUT2D eigenvalue weighted by Crippen LogP contribution is -2.06. The molecular formula is C23H19ClF3N5O4S. The molecule has 9 nitrogen and oxygen atoms in total. The Morgan fingerprint density at radius 1 is 1.03 bits per heavy atom. The second-order valence-corrected chi connectivity index (χ2v) is 9.05. The molecule has 194 valence electrons. The minimum atomic E-state index is -4.74. The van der Waals surface area contributed by atoms with Gasteiger partial charge in [0.25, 0.3) is 0 Å². The molecule has 37 heavy (non-hydrogen) atoms. The van der Waals surface area contributed by atoms with E-state index in [2.05, 4.69) is 20.4 Å². The summed E-state index contributed by atoms with van der Waals surface area (Å²) in [4.78, 5) is 19.5. The predicted molar refractivity (Wildman–Crippen MR) is 132 cm³/mol. The zero-order valence-electron chi connectivity index (χ0n) is 19.8. The number of halogens is 4. The molecule has 0 saturated carbocycles. The molecule has 4 aromatic rings. The molecule has 0 saturated heterocycles. The number of carbonyl (C=O) groups is 1. The van der Waals surface area contributed by atoms with E-state index in [1.54, 1.807) is 36.4 Å². The molecule has 0 fully saturated rings. The quantitative estimate of drug-likeness (QED) is 0.313. The summed E-state index contributed by atoms with van der Waals surface area (Å²) in [5.74, 6) is 0.887. The molecule has 14 heteroatoms. The van der Waals surface area contributed by atoms with E-state index in [0.717, 1.165) is 0 Å². The first-order valence-electron chi connectivity index (χ1n) is 10.4. The molecule has 0 spiro atoms. The van der Waals surface area contributed by atoms with Crippen molar-refractivity contribution in [1.82, 2.24) is 19.7 Å². The van der Waals surface area contributed by atoms with Gasteiger partial charge in [0.05, 0.1) is 27.0 Å². The molecule has 0 radical (unpaired) electrons. The Kier molecular flexibility index (Phi) is 7.28. The Hall–Kier alpha value is -3.84. The smallest absolute Gasteiger partial charge is 0.435 e. The third-order valence-corrected chi connectivity index (χ3v) is 6.26. The van der Waals surface area contributed by atoms with Crippen molar-refractivity contribution in [3.05, 3.63) is 46.4 Å². The van der Waals surface area contributed by atoms with Crippen molar-refractivity contribution >= 4 is 34.5 Å². The topological polar surface area (TPSA) is 100 Å². The molecule has 0 aliphatic heterocycles. The average Bonchev–Trinajstić information content (AvgIpc) is 3.47. The van der Waals surface area contributed by atoms with Crippen molar-refractivity contribution in [2.45, 2.75) is 13.1 Å². The number of anilines is 1. The maximum Gasteiger partial charge on any atom is 0.435 e. The molecular weight excluding hydrogens is 535 g/mol. The highest BCUT2D eigenvalue weighted by Crippen LogP contribution is 2.43. The summed E-state index contributed by atoms with van der Waals surface area (Å²) < 4.78 is 57.2. The van der Waals surface area contributed by atoms with E-state index in [-0.39, 0.29) is 22.6 Å². The van der Waals surface area contributed by atoms with E-state index in [1.807, 2.05) is 0 Å². The zero-order valence-corrected chi connectivity index (χ0v) is 21.4. The number of benzene rings is 2. The summed E-state index contributed by atoms with van der Waals surface area (Å²) in [6.45, 7) is 1.38. The van der Waals surface area contributed by atoms with E-state index in [1.165, 1.54) is 32.9 Å². The first kappa shape index (κ1) is 26.2. The van der Waals surface area contributed by atoms with Gasteiger partial charge < -0.3 is 19.5 Å². The number of amides is 1. The highest BCUT2D eigenvalue weighted by Gasteiger charge is 2.38. The number of hydrogen-bond donors (Lipinski definition) is 1. The monoisotopic (exact) mass is 553 g/mol. The van der Waals surface area contributed by atoms with Gasteiger partial charge in [-0.05, 0) is 24.3 Å². The number of hydrogen-bond acceptors (Lipinski definition) is 8. The lowest BCUT2D eigenvalue weighted by molar-refractivity contribution is -0.140. The van der Waals surface area contributed by atoms with Gasteiger partial charge in [0, 0.05) is 30.3 Å². The Labute approximate surface area is 217 Å². The van der Waals surface area contributed by atoms with Gasteiger partial charge in [0.15, 0.2) is 33.8 Å². The summed E-state index contributed by atoms with van der Waals surface area (Å²) >= 11 is 6.51. The van der Waals surface area contributed by atoms with Gasteiger partial charge in [-0.1, -0.05) is 22.9 Å². The average molecular weight is 554 g/mol. The Morgan fingerprint density at radius 2 is 1.65 bits per heavy atom. The van der Waals surface area contributed by atoms with Crippen molar-refractivity contribution in [2.75, 3.05) is 26.6 Å². The predicted octanol–water partition coefficient (Wildman–Crippen LogP) is 5.71. The number of nitrogens with one attached hydrogen (secondary N) is 1. The third-order valence-electron chi connectivity index (χ3n) is 5.01. The summed E-state index contributed by atoms with van der Waals surface area (Å²) in [6.07, 6.45) is -4.74. The molecule has 4 rings (SSSR count). The number of thiazole rings is 1. The van der Waals surface area contributed by atoms with E-state index in [4.69, 9.17) is 25.8 Å². The minimum absolute atomic E-state index is 0.0117. The Balaban J connectivity index is 1.91. The van der Waals surface area contributed by atoms with Crippen LogP contribution in [-0.4, -0.2) is 47.0 Å². The van der Waals surface area contributed by atoms with Crippen LogP contribution in [0, 0.1) is 0 Å². The summed E-state index contributed by atoms with van der Waals surface area (Å²) in [5, 5.41) is 7.09. The number of methoxy groups -OCH3 is 3. The zero-order chi connectivity index (χ0) is 26.9. The molecule has 2 aromatic carbocycles. The lowest BCUT2D eigenvalue weighted by Gasteiger charge is -2.14. The molecule has 0 bridgehead atoms. The highest BCUT2D eigenvalue weighted by atomic mass is 35.5. The highest BCUT2D eigenvalue weighted by molar-refractivity contribution is 7.19. The van der Waals surface area contributed by atoms with E-state index >= 15 is 0 Å². The van der Waals surface area contributed by atoms with Gasteiger partial charge in [-0.15, -0.1) is 5.10 Å². The maximum absolute atomic E-state index is 13.4. The van der Waals surface area contributed by atoms with Crippen LogP contribution in [0.1, 0.15) is 12.6 Å². The first-order chi connectivity index (χ1) is 17.5. The number of alkyl halides is 3. The van der Waals surface area contributed by atoms with E-state index in [0.29, 0.717) is 45.5 Å². The fourth-order valence-electron chi connectivity index (χ4n) is 3.42. The van der Waals surface area contributed by atoms with Crippen LogP contribution in [0.15, 0.2) is 36.4 Å². The van der Waals surface area contributed by atoms with Gasteiger partial charge >= 0.3 is 6.18 Å². The molecule has 0 aliphatic carbocycles. The van der Waals surface area contributed by atoms with Crippen LogP contribution < -0.4 is 19.5 Å². The van der Waals surface area contributed by atoms with Crippen LogP contribution in [0.5, 0.6) is 17.2 Å². The van der Waals surface area contributed by atoms with Gasteiger partial charge in [-0.2, -0.15) is 13.2 Å². The SMILES string of the molecule is COc1cc(-n2nc(-c3ccc(NC(C)=O)cc3)nc2-c2nc(C(F)(F)F)c(Cl)s2)cc(OC)c1OC. The second kappa shape index (κ2) is 10.3. The molecule has 1 N–H and O–H groups in total. The van der Waals surface area contributed by atoms with Crippen LogP contribution in [0.25, 0.3) is 27.9 Å². The van der Waals surface area contributed by atoms with Crippen LogP contribution in [-0.2, 0) is 11.0 Å².